The van der Waals surface area contributed by atoms with Crippen LogP contribution in [0.4, 0.5) is 17.1 Å². The van der Waals surface area contributed by atoms with Gasteiger partial charge in [0.25, 0.3) is 0 Å². The molecule has 0 radical (unpaired) electrons. The number of para-hydroxylation sites is 1. The number of anilines is 3. The van der Waals surface area contributed by atoms with Crippen LogP contribution >= 0.6 is 15.9 Å². The van der Waals surface area contributed by atoms with E-state index in [1.54, 1.807) is 0 Å². The Balaban J connectivity index is 2.37. The summed E-state index contributed by atoms with van der Waals surface area (Å²) in [5.41, 5.74) is 3.42. The molecule has 0 fully saturated rings. The molecular formula is C14H15BrN2. The Morgan fingerprint density at radius 3 is 2.53 bits per heavy atom. The Hall–Kier alpha value is -1.48. The predicted molar refractivity (Wildman–Crippen MR) is 78.2 cm³/mol. The summed E-state index contributed by atoms with van der Waals surface area (Å²) < 4.78 is 1.09. The molecule has 1 N–H and O–H groups in total. The van der Waals surface area contributed by atoms with E-state index in [0.717, 1.165) is 21.5 Å². The second-order valence-electron chi connectivity index (χ2n) is 3.81. The van der Waals surface area contributed by atoms with Gasteiger partial charge in [0, 0.05) is 29.9 Å². The number of benzene rings is 2. The quantitative estimate of drug-likeness (QED) is 0.909. The SMILES string of the molecule is CNc1cccc(N(C)c2ccccc2Br)c1. The molecule has 2 aromatic rings. The first-order valence-electron chi connectivity index (χ1n) is 5.48. The average Bonchev–Trinajstić information content (AvgIpc) is 2.38. The van der Waals surface area contributed by atoms with Gasteiger partial charge in [0.05, 0.1) is 5.69 Å². The molecule has 0 unspecified atom stereocenters. The fourth-order valence-electron chi connectivity index (χ4n) is 1.73. The van der Waals surface area contributed by atoms with Crippen molar-refractivity contribution in [1.29, 1.82) is 0 Å². The summed E-state index contributed by atoms with van der Waals surface area (Å²) in [6.07, 6.45) is 0. The average molecular weight is 291 g/mol. The van der Waals surface area contributed by atoms with E-state index in [0.29, 0.717) is 0 Å². The molecule has 3 heteroatoms. The molecule has 0 heterocycles. The minimum Gasteiger partial charge on any atom is -0.388 e. The largest absolute Gasteiger partial charge is 0.388 e. The van der Waals surface area contributed by atoms with Crippen LogP contribution in [0.3, 0.4) is 0 Å². The van der Waals surface area contributed by atoms with Crippen LogP contribution in [-0.2, 0) is 0 Å². The van der Waals surface area contributed by atoms with E-state index in [9.17, 15) is 0 Å². The van der Waals surface area contributed by atoms with Gasteiger partial charge in [-0.15, -0.1) is 0 Å². The van der Waals surface area contributed by atoms with E-state index >= 15 is 0 Å². The Labute approximate surface area is 110 Å². The molecule has 2 aromatic carbocycles. The summed E-state index contributed by atoms with van der Waals surface area (Å²) in [6.45, 7) is 0. The third-order valence-corrected chi connectivity index (χ3v) is 3.41. The fraction of sp³-hybridized carbons (Fsp3) is 0.143. The molecule has 2 nitrogen and oxygen atoms in total. The normalized spacial score (nSPS) is 10.1. The van der Waals surface area contributed by atoms with Crippen LogP contribution in [-0.4, -0.2) is 14.1 Å². The Morgan fingerprint density at radius 1 is 1.06 bits per heavy atom. The molecule has 0 aliphatic heterocycles. The minimum atomic E-state index is 1.09. The first-order valence-corrected chi connectivity index (χ1v) is 6.28. The lowest BCUT2D eigenvalue weighted by molar-refractivity contribution is 1.20. The number of hydrogen-bond donors (Lipinski definition) is 1. The van der Waals surface area contributed by atoms with E-state index in [1.165, 1.54) is 0 Å². The molecule has 0 atom stereocenters. The van der Waals surface area contributed by atoms with E-state index in [-0.39, 0.29) is 0 Å². The Kier molecular flexibility index (Phi) is 3.69. The molecule has 0 aromatic heterocycles. The van der Waals surface area contributed by atoms with Crippen LogP contribution in [0.25, 0.3) is 0 Å². The smallest absolute Gasteiger partial charge is 0.0552 e. The zero-order valence-electron chi connectivity index (χ0n) is 9.94. The highest BCUT2D eigenvalue weighted by atomic mass is 79.9. The highest BCUT2D eigenvalue weighted by molar-refractivity contribution is 9.10. The van der Waals surface area contributed by atoms with Crippen molar-refractivity contribution in [2.24, 2.45) is 0 Å². The summed E-state index contributed by atoms with van der Waals surface area (Å²) in [5, 5.41) is 3.15. The summed E-state index contributed by atoms with van der Waals surface area (Å²) in [7, 11) is 3.99. The molecule has 0 aliphatic rings. The van der Waals surface area contributed by atoms with Crippen molar-refractivity contribution >= 4 is 33.0 Å². The van der Waals surface area contributed by atoms with E-state index in [4.69, 9.17) is 0 Å². The van der Waals surface area contributed by atoms with Crippen molar-refractivity contribution in [1.82, 2.24) is 0 Å². The van der Waals surface area contributed by atoms with Gasteiger partial charge in [-0.1, -0.05) is 18.2 Å². The lowest BCUT2D eigenvalue weighted by Gasteiger charge is -2.21. The van der Waals surface area contributed by atoms with Gasteiger partial charge in [-0.3, -0.25) is 0 Å². The van der Waals surface area contributed by atoms with Gasteiger partial charge in [0.1, 0.15) is 0 Å². The highest BCUT2D eigenvalue weighted by Gasteiger charge is 2.07. The van der Waals surface area contributed by atoms with E-state index in [2.05, 4.69) is 63.5 Å². The van der Waals surface area contributed by atoms with Gasteiger partial charge in [-0.05, 0) is 46.3 Å². The fourth-order valence-corrected chi connectivity index (χ4v) is 2.28. The molecule has 0 amide bonds. The van der Waals surface area contributed by atoms with Crippen molar-refractivity contribution < 1.29 is 0 Å². The number of rotatable bonds is 3. The first-order chi connectivity index (χ1) is 8.22. The van der Waals surface area contributed by atoms with Crippen LogP contribution in [0.15, 0.2) is 53.0 Å². The maximum absolute atomic E-state index is 3.57. The van der Waals surface area contributed by atoms with Crippen molar-refractivity contribution in [2.75, 3.05) is 24.3 Å². The summed E-state index contributed by atoms with van der Waals surface area (Å²) in [4.78, 5) is 2.16. The van der Waals surface area contributed by atoms with Crippen molar-refractivity contribution in [3.8, 4) is 0 Å². The molecule has 2 rings (SSSR count). The molecule has 0 spiro atoms. The van der Waals surface area contributed by atoms with Gasteiger partial charge in [-0.2, -0.15) is 0 Å². The second-order valence-corrected chi connectivity index (χ2v) is 4.67. The van der Waals surface area contributed by atoms with Crippen molar-refractivity contribution in [3.05, 3.63) is 53.0 Å². The summed E-state index contributed by atoms with van der Waals surface area (Å²) in [6, 6.07) is 16.5. The first kappa shape index (κ1) is 12.0. The standard InChI is InChI=1S/C14H15BrN2/c1-16-11-6-5-7-12(10-11)17(2)14-9-4-3-8-13(14)15/h3-10,16H,1-2H3. The molecular weight excluding hydrogens is 276 g/mol. The lowest BCUT2D eigenvalue weighted by Crippen LogP contribution is -2.10. The van der Waals surface area contributed by atoms with Gasteiger partial charge >= 0.3 is 0 Å². The molecule has 0 saturated heterocycles. The third-order valence-electron chi connectivity index (χ3n) is 2.74. The maximum atomic E-state index is 3.57. The van der Waals surface area contributed by atoms with E-state index in [1.807, 2.05) is 25.2 Å². The monoisotopic (exact) mass is 290 g/mol. The van der Waals surface area contributed by atoms with Crippen LogP contribution in [0.5, 0.6) is 0 Å². The van der Waals surface area contributed by atoms with Gasteiger partial charge < -0.3 is 10.2 Å². The van der Waals surface area contributed by atoms with Gasteiger partial charge in [0.15, 0.2) is 0 Å². The summed E-state index contributed by atoms with van der Waals surface area (Å²) >= 11 is 3.57. The zero-order chi connectivity index (χ0) is 12.3. The Morgan fingerprint density at radius 2 is 1.82 bits per heavy atom. The summed E-state index contributed by atoms with van der Waals surface area (Å²) in [5.74, 6) is 0. The minimum absolute atomic E-state index is 1.09. The van der Waals surface area contributed by atoms with Gasteiger partial charge in [-0.25, -0.2) is 0 Å². The van der Waals surface area contributed by atoms with Crippen molar-refractivity contribution in [3.63, 3.8) is 0 Å². The van der Waals surface area contributed by atoms with Gasteiger partial charge in [0.2, 0.25) is 0 Å². The molecule has 0 saturated carbocycles. The predicted octanol–water partition coefficient (Wildman–Crippen LogP) is 4.26. The maximum Gasteiger partial charge on any atom is 0.0552 e. The Bertz CT molecular complexity index is 511. The molecule has 0 aliphatic carbocycles. The highest BCUT2D eigenvalue weighted by Crippen LogP contribution is 2.31. The number of nitrogens with one attached hydrogen (secondary N) is 1. The van der Waals surface area contributed by atoms with Crippen LogP contribution in [0, 0.1) is 0 Å². The number of halogens is 1. The lowest BCUT2D eigenvalue weighted by atomic mass is 10.2. The van der Waals surface area contributed by atoms with Crippen molar-refractivity contribution in [2.45, 2.75) is 0 Å². The zero-order valence-corrected chi connectivity index (χ0v) is 11.5. The number of nitrogens with zero attached hydrogens (tertiary/aromatic N) is 1. The topological polar surface area (TPSA) is 15.3 Å². The van der Waals surface area contributed by atoms with E-state index < -0.39 is 0 Å². The van der Waals surface area contributed by atoms with Crippen LogP contribution in [0.1, 0.15) is 0 Å². The third kappa shape index (κ3) is 2.61. The second kappa shape index (κ2) is 5.23. The number of hydrogen-bond acceptors (Lipinski definition) is 2. The molecule has 88 valence electrons. The molecule has 0 bridgehead atoms. The molecule has 17 heavy (non-hydrogen) atoms. The van der Waals surface area contributed by atoms with Crippen LogP contribution < -0.4 is 10.2 Å². The van der Waals surface area contributed by atoms with Crippen LogP contribution in [0.2, 0.25) is 0 Å².